The number of ether oxygens (including phenoxy) is 1. The molecule has 75 heavy (non-hydrogen) atoms. The summed E-state index contributed by atoms with van der Waals surface area (Å²) >= 11 is 0. The molecule has 6 nitrogen and oxygen atoms in total. The van der Waals surface area contributed by atoms with Crippen LogP contribution in [-0.2, 0) is 14.3 Å². The largest absolute Gasteiger partial charge is 0.466 e. The molecule has 0 bridgehead atoms. The Labute approximate surface area is 469 Å². The number of hydrogen-bond acceptors (Lipinski definition) is 5. The number of aliphatic hydroxyl groups excluding tert-OH is 2. The lowest BCUT2D eigenvalue weighted by atomic mass is 10.0. The maximum Gasteiger partial charge on any atom is 0.305 e. The van der Waals surface area contributed by atoms with Crippen LogP contribution < -0.4 is 5.32 Å². The van der Waals surface area contributed by atoms with Gasteiger partial charge in [-0.25, -0.2) is 0 Å². The Hall–Kier alpha value is -1.40. The Morgan fingerprint density at radius 2 is 0.627 bits per heavy atom. The first-order valence-electron chi connectivity index (χ1n) is 34.4. The maximum atomic E-state index is 12.4. The lowest BCUT2D eigenvalue weighted by Gasteiger charge is -2.22. The van der Waals surface area contributed by atoms with Gasteiger partial charge in [-0.1, -0.05) is 341 Å². The van der Waals surface area contributed by atoms with E-state index < -0.39 is 12.1 Å². The molecular weight excluding hydrogens is 923 g/mol. The number of carbonyl (C=O) groups excluding carboxylic acids is 2. The first-order valence-corrected chi connectivity index (χ1v) is 34.4. The molecule has 0 heterocycles. The van der Waals surface area contributed by atoms with Crippen molar-refractivity contribution in [3.63, 3.8) is 0 Å². The molecule has 446 valence electrons. The number of carbonyl (C=O) groups is 2. The van der Waals surface area contributed by atoms with Gasteiger partial charge in [0, 0.05) is 12.8 Å². The molecule has 0 rings (SSSR count). The van der Waals surface area contributed by atoms with Crippen molar-refractivity contribution in [2.75, 3.05) is 13.2 Å². The van der Waals surface area contributed by atoms with Gasteiger partial charge in [-0.2, -0.15) is 0 Å². The van der Waals surface area contributed by atoms with Gasteiger partial charge in [-0.05, 0) is 51.4 Å². The second-order valence-corrected chi connectivity index (χ2v) is 23.9. The zero-order valence-electron chi connectivity index (χ0n) is 51.1. The van der Waals surface area contributed by atoms with Crippen molar-refractivity contribution in [2.24, 2.45) is 0 Å². The highest BCUT2D eigenvalue weighted by Crippen LogP contribution is 2.19. The topological polar surface area (TPSA) is 95.9 Å². The van der Waals surface area contributed by atoms with E-state index in [1.807, 2.05) is 0 Å². The summed E-state index contributed by atoms with van der Waals surface area (Å²) in [5, 5.41) is 23.2. The molecule has 0 aromatic rings. The van der Waals surface area contributed by atoms with Crippen molar-refractivity contribution in [3.8, 4) is 0 Å². The molecule has 0 radical (unpaired) electrons. The predicted molar refractivity (Wildman–Crippen MR) is 329 cm³/mol. The van der Waals surface area contributed by atoms with E-state index in [9.17, 15) is 19.8 Å². The molecule has 0 aliphatic rings. The van der Waals surface area contributed by atoms with Crippen LogP contribution in [0.5, 0.6) is 0 Å². The fourth-order valence-corrected chi connectivity index (χ4v) is 11.1. The molecule has 0 aromatic carbocycles. The minimum atomic E-state index is -0.659. The summed E-state index contributed by atoms with van der Waals surface area (Å²) < 4.78 is 5.49. The van der Waals surface area contributed by atoms with Crippen molar-refractivity contribution in [2.45, 2.75) is 405 Å². The fourth-order valence-electron chi connectivity index (χ4n) is 11.1. The minimum absolute atomic E-state index is 0.0224. The first kappa shape index (κ1) is 73.6. The zero-order valence-corrected chi connectivity index (χ0v) is 51.1. The van der Waals surface area contributed by atoms with Crippen molar-refractivity contribution in [1.82, 2.24) is 5.32 Å². The summed E-state index contributed by atoms with van der Waals surface area (Å²) in [4.78, 5) is 24.5. The van der Waals surface area contributed by atoms with E-state index in [1.165, 1.54) is 321 Å². The Morgan fingerprint density at radius 3 is 0.947 bits per heavy atom. The molecule has 0 aliphatic heterocycles. The van der Waals surface area contributed by atoms with Gasteiger partial charge in [0.05, 0.1) is 25.4 Å². The van der Waals surface area contributed by atoms with Crippen molar-refractivity contribution in [1.29, 1.82) is 0 Å². The highest BCUT2D eigenvalue weighted by atomic mass is 16.5. The standard InChI is InChI=1S/C69H135NO5/c1-3-5-7-9-11-13-15-39-43-47-51-55-59-63-69(74)75-64-60-56-52-48-44-41-38-36-34-32-30-28-26-24-22-20-18-16-17-19-21-23-25-27-29-31-33-35-37-40-42-46-50-54-58-62-68(73)70-66(65-71)67(72)61-57-53-49-45-14-12-10-8-6-4-2/h18,20,66-67,71-72H,3-17,19,21-65H2,1-2H3,(H,70,73)/b20-18-. The molecule has 0 aliphatic carbocycles. The third-order valence-electron chi connectivity index (χ3n) is 16.3. The number of aliphatic hydroxyl groups is 2. The van der Waals surface area contributed by atoms with Gasteiger partial charge in [0.1, 0.15) is 0 Å². The summed E-state index contributed by atoms with van der Waals surface area (Å²) in [7, 11) is 0. The molecule has 0 saturated carbocycles. The molecule has 6 heteroatoms. The van der Waals surface area contributed by atoms with Crippen molar-refractivity contribution >= 4 is 11.9 Å². The minimum Gasteiger partial charge on any atom is -0.466 e. The van der Waals surface area contributed by atoms with E-state index in [2.05, 4.69) is 31.3 Å². The first-order chi connectivity index (χ1) is 37.0. The van der Waals surface area contributed by atoms with Gasteiger partial charge in [0.2, 0.25) is 5.91 Å². The van der Waals surface area contributed by atoms with E-state index >= 15 is 0 Å². The van der Waals surface area contributed by atoms with Crippen LogP contribution in [0.4, 0.5) is 0 Å². The molecule has 2 unspecified atom stereocenters. The number of hydrogen-bond donors (Lipinski definition) is 3. The van der Waals surface area contributed by atoms with Crippen molar-refractivity contribution in [3.05, 3.63) is 12.2 Å². The van der Waals surface area contributed by atoms with Gasteiger partial charge >= 0.3 is 5.97 Å². The smallest absolute Gasteiger partial charge is 0.305 e. The summed E-state index contributed by atoms with van der Waals surface area (Å²) in [5.41, 5.74) is 0. The second-order valence-electron chi connectivity index (χ2n) is 23.9. The number of nitrogens with one attached hydrogen (secondary N) is 1. The van der Waals surface area contributed by atoms with Crippen LogP contribution in [0.25, 0.3) is 0 Å². The van der Waals surface area contributed by atoms with E-state index in [-0.39, 0.29) is 18.5 Å². The van der Waals surface area contributed by atoms with E-state index in [4.69, 9.17) is 4.74 Å². The van der Waals surface area contributed by atoms with E-state index in [1.54, 1.807) is 0 Å². The van der Waals surface area contributed by atoms with E-state index in [0.717, 1.165) is 38.5 Å². The number of unbranched alkanes of at least 4 members (excludes halogenated alkanes) is 52. The number of allylic oxidation sites excluding steroid dienone is 2. The predicted octanol–water partition coefficient (Wildman–Crippen LogP) is 22.0. The molecule has 0 fully saturated rings. The molecule has 1 amide bonds. The van der Waals surface area contributed by atoms with E-state index in [0.29, 0.717) is 25.9 Å². The lowest BCUT2D eigenvalue weighted by molar-refractivity contribution is -0.143. The van der Waals surface area contributed by atoms with Gasteiger partial charge in [-0.3, -0.25) is 9.59 Å². The molecule has 3 N–H and O–H groups in total. The molecule has 2 atom stereocenters. The summed E-state index contributed by atoms with van der Waals surface area (Å²) in [6.45, 7) is 4.97. The monoisotopic (exact) mass is 1060 g/mol. The van der Waals surface area contributed by atoms with Crippen LogP contribution in [0.15, 0.2) is 12.2 Å². The summed E-state index contributed by atoms with van der Waals surface area (Å²) in [6, 6.07) is -0.536. The zero-order chi connectivity index (χ0) is 54.3. The highest BCUT2D eigenvalue weighted by Gasteiger charge is 2.20. The number of esters is 1. The molecule has 0 spiro atoms. The molecule has 0 saturated heterocycles. The lowest BCUT2D eigenvalue weighted by Crippen LogP contribution is -2.45. The Kier molecular flexibility index (Phi) is 63.9. The normalized spacial score (nSPS) is 12.5. The van der Waals surface area contributed by atoms with Crippen LogP contribution in [0.2, 0.25) is 0 Å². The van der Waals surface area contributed by atoms with Crippen LogP contribution in [-0.4, -0.2) is 47.4 Å². The SMILES string of the molecule is CCCCCCCCCCCCCCCC(=O)OCCCCCCCCCCCCCCCC/C=C\CCCCCCCCCCCCCCCCCCCC(=O)NC(CO)C(O)CCCCCCCCCCCC. The Morgan fingerprint density at radius 1 is 0.360 bits per heavy atom. The third kappa shape index (κ3) is 61.7. The number of rotatable bonds is 65. The van der Waals surface area contributed by atoms with Gasteiger partial charge in [0.25, 0.3) is 0 Å². The molecular formula is C69H135NO5. The van der Waals surface area contributed by atoms with Gasteiger partial charge < -0.3 is 20.3 Å². The Bertz CT molecular complexity index is 1130. The number of amides is 1. The van der Waals surface area contributed by atoms with Gasteiger partial charge in [0.15, 0.2) is 0 Å². The average Bonchev–Trinajstić information content (AvgIpc) is 3.41. The maximum absolute atomic E-state index is 12.4. The average molecular weight is 1060 g/mol. The second kappa shape index (κ2) is 65.1. The van der Waals surface area contributed by atoms with Crippen molar-refractivity contribution < 1.29 is 24.5 Å². The fraction of sp³-hybridized carbons (Fsp3) is 0.942. The van der Waals surface area contributed by atoms with Crippen LogP contribution in [0.3, 0.4) is 0 Å². The van der Waals surface area contributed by atoms with Gasteiger partial charge in [-0.15, -0.1) is 0 Å². The quantitative estimate of drug-likeness (QED) is 0.0320. The van der Waals surface area contributed by atoms with Crippen LogP contribution in [0.1, 0.15) is 393 Å². The highest BCUT2D eigenvalue weighted by molar-refractivity contribution is 5.76. The van der Waals surface area contributed by atoms with Crippen LogP contribution >= 0.6 is 0 Å². The Balaban J connectivity index is 3.30. The van der Waals surface area contributed by atoms with Crippen LogP contribution in [0, 0.1) is 0 Å². The summed E-state index contributed by atoms with van der Waals surface area (Å²) in [6.07, 6.45) is 79.9. The molecule has 0 aromatic heterocycles. The summed E-state index contributed by atoms with van der Waals surface area (Å²) in [5.74, 6) is -0.00860. The third-order valence-corrected chi connectivity index (χ3v) is 16.3.